The van der Waals surface area contributed by atoms with Gasteiger partial charge in [0.25, 0.3) is 0 Å². The van der Waals surface area contributed by atoms with E-state index in [9.17, 15) is 9.50 Å². The zero-order valence-corrected chi connectivity index (χ0v) is 18.6. The number of nitrogens with zero attached hydrogens (tertiary/aromatic N) is 2. The summed E-state index contributed by atoms with van der Waals surface area (Å²) in [4.78, 5) is 8.95. The molecule has 2 heterocycles. The van der Waals surface area contributed by atoms with Gasteiger partial charge in [0.05, 0.1) is 10.5 Å². The molecule has 3 aromatic carbocycles. The molecular formula is C26H19ClFN3O3. The number of aliphatic hydroxyl groups excluding tert-OH is 1. The van der Waals surface area contributed by atoms with Crippen LogP contribution in [0.15, 0.2) is 83.4 Å². The van der Waals surface area contributed by atoms with Crippen molar-refractivity contribution in [3.05, 3.63) is 101 Å². The number of fused-ring (bicyclic) bond motifs is 1. The van der Waals surface area contributed by atoms with Gasteiger partial charge in [-0.2, -0.15) is 0 Å². The van der Waals surface area contributed by atoms with Gasteiger partial charge in [-0.1, -0.05) is 23.7 Å². The maximum atomic E-state index is 13.3. The summed E-state index contributed by atoms with van der Waals surface area (Å²) in [6.07, 6.45) is 1.72. The number of hydrogen-bond donors (Lipinski definition) is 2. The number of anilines is 2. The first kappa shape index (κ1) is 21.9. The molecule has 0 radical (unpaired) electrons. The Morgan fingerprint density at radius 3 is 2.74 bits per heavy atom. The van der Waals surface area contributed by atoms with E-state index in [4.69, 9.17) is 20.8 Å². The van der Waals surface area contributed by atoms with E-state index in [0.29, 0.717) is 39.5 Å². The summed E-state index contributed by atoms with van der Waals surface area (Å²) in [6.45, 7) is 0.0647. The van der Waals surface area contributed by atoms with Crippen molar-refractivity contribution in [3.63, 3.8) is 0 Å². The molecule has 0 unspecified atom stereocenters. The minimum atomic E-state index is -0.310. The minimum Gasteiger partial charge on any atom is -0.487 e. The van der Waals surface area contributed by atoms with E-state index in [1.165, 1.54) is 12.1 Å². The molecule has 5 rings (SSSR count). The topological polar surface area (TPSA) is 80.4 Å². The van der Waals surface area contributed by atoms with Crippen LogP contribution in [0, 0.1) is 5.82 Å². The van der Waals surface area contributed by atoms with E-state index in [0.717, 1.165) is 16.5 Å². The first-order valence-corrected chi connectivity index (χ1v) is 10.9. The highest BCUT2D eigenvalue weighted by atomic mass is 35.5. The molecule has 2 N–H and O–H groups in total. The maximum Gasteiger partial charge on any atom is 0.227 e. The number of rotatable bonds is 7. The van der Waals surface area contributed by atoms with Gasteiger partial charge in [-0.05, 0) is 66.2 Å². The van der Waals surface area contributed by atoms with E-state index < -0.39 is 0 Å². The van der Waals surface area contributed by atoms with Crippen LogP contribution in [0.2, 0.25) is 5.02 Å². The first-order valence-electron chi connectivity index (χ1n) is 10.5. The Morgan fingerprint density at radius 1 is 1.03 bits per heavy atom. The van der Waals surface area contributed by atoms with E-state index in [1.54, 1.807) is 42.6 Å². The van der Waals surface area contributed by atoms with Crippen molar-refractivity contribution >= 4 is 34.1 Å². The summed E-state index contributed by atoms with van der Waals surface area (Å²) in [7, 11) is 0. The fraction of sp³-hybridized carbons (Fsp3) is 0.0769. The molecular weight excluding hydrogens is 457 g/mol. The van der Waals surface area contributed by atoms with E-state index in [2.05, 4.69) is 15.3 Å². The van der Waals surface area contributed by atoms with E-state index >= 15 is 0 Å². The number of furan rings is 1. The third-order valence-electron chi connectivity index (χ3n) is 5.15. The van der Waals surface area contributed by atoms with Crippen molar-refractivity contribution in [1.29, 1.82) is 0 Å². The van der Waals surface area contributed by atoms with Gasteiger partial charge < -0.3 is 19.6 Å². The van der Waals surface area contributed by atoms with Gasteiger partial charge in [-0.3, -0.25) is 0 Å². The molecule has 0 fully saturated rings. The predicted molar refractivity (Wildman–Crippen MR) is 129 cm³/mol. The molecule has 0 spiro atoms. The molecule has 0 aliphatic heterocycles. The zero-order valence-electron chi connectivity index (χ0n) is 17.8. The largest absolute Gasteiger partial charge is 0.487 e. The lowest BCUT2D eigenvalue weighted by atomic mass is 10.1. The Labute approximate surface area is 199 Å². The van der Waals surface area contributed by atoms with Crippen molar-refractivity contribution in [2.24, 2.45) is 0 Å². The van der Waals surface area contributed by atoms with Crippen LogP contribution in [0.4, 0.5) is 16.0 Å². The second kappa shape index (κ2) is 9.51. The van der Waals surface area contributed by atoms with Gasteiger partial charge in [0.15, 0.2) is 0 Å². The second-order valence-electron chi connectivity index (χ2n) is 7.58. The Balaban J connectivity index is 1.29. The van der Waals surface area contributed by atoms with Crippen LogP contribution in [0.1, 0.15) is 11.3 Å². The Morgan fingerprint density at radius 2 is 1.94 bits per heavy atom. The number of halogens is 2. The molecule has 0 atom stereocenters. The van der Waals surface area contributed by atoms with Crippen molar-refractivity contribution < 1.29 is 18.7 Å². The lowest BCUT2D eigenvalue weighted by Crippen LogP contribution is -1.99. The molecule has 0 saturated carbocycles. The highest BCUT2D eigenvalue weighted by Gasteiger charge is 2.09. The highest BCUT2D eigenvalue weighted by Crippen LogP contribution is 2.30. The molecule has 0 aliphatic rings. The molecule has 6 nitrogen and oxygen atoms in total. The zero-order chi connectivity index (χ0) is 23.5. The second-order valence-corrected chi connectivity index (χ2v) is 7.99. The predicted octanol–water partition coefficient (Wildman–Crippen LogP) is 6.50. The number of nitrogens with one attached hydrogen (secondary N) is 1. The number of hydrogen-bond acceptors (Lipinski definition) is 6. The summed E-state index contributed by atoms with van der Waals surface area (Å²) in [6, 6.07) is 20.8. The third kappa shape index (κ3) is 4.85. The smallest absolute Gasteiger partial charge is 0.227 e. The van der Waals surface area contributed by atoms with Crippen LogP contribution in [0.3, 0.4) is 0 Å². The van der Waals surface area contributed by atoms with Crippen molar-refractivity contribution in [2.45, 2.75) is 13.2 Å². The lowest BCUT2D eigenvalue weighted by molar-refractivity contribution is 0.248. The number of ether oxygens (including phenoxy) is 1. The SMILES string of the molecule is OCc1ccc(-c2ccc3nc(Nc4ccc(OCc5cccc(F)c5)c(Cl)c4)ncc3c2)o1. The molecule has 0 bridgehead atoms. The third-order valence-corrected chi connectivity index (χ3v) is 5.45. The monoisotopic (exact) mass is 475 g/mol. The Kier molecular flexibility index (Phi) is 6.12. The molecule has 2 aromatic heterocycles. The normalized spacial score (nSPS) is 11.0. The molecule has 34 heavy (non-hydrogen) atoms. The van der Waals surface area contributed by atoms with Crippen LogP contribution < -0.4 is 10.1 Å². The van der Waals surface area contributed by atoms with Crippen LogP contribution in [0.25, 0.3) is 22.2 Å². The lowest BCUT2D eigenvalue weighted by Gasteiger charge is -2.11. The fourth-order valence-electron chi connectivity index (χ4n) is 3.48. The maximum absolute atomic E-state index is 13.3. The first-order chi connectivity index (χ1) is 16.6. The van der Waals surface area contributed by atoms with Gasteiger partial charge in [-0.15, -0.1) is 0 Å². The van der Waals surface area contributed by atoms with E-state index in [-0.39, 0.29) is 19.0 Å². The molecule has 0 amide bonds. The molecule has 170 valence electrons. The highest BCUT2D eigenvalue weighted by molar-refractivity contribution is 6.32. The van der Waals surface area contributed by atoms with E-state index in [1.807, 2.05) is 24.3 Å². The van der Waals surface area contributed by atoms with Crippen molar-refractivity contribution in [1.82, 2.24) is 9.97 Å². The summed E-state index contributed by atoms with van der Waals surface area (Å²) in [5, 5.41) is 13.6. The molecule has 8 heteroatoms. The molecule has 5 aromatic rings. The summed E-state index contributed by atoms with van der Waals surface area (Å²) < 4.78 is 24.6. The number of aromatic nitrogens is 2. The fourth-order valence-corrected chi connectivity index (χ4v) is 3.71. The average molecular weight is 476 g/mol. The van der Waals surface area contributed by atoms with Crippen LogP contribution in [-0.4, -0.2) is 15.1 Å². The van der Waals surface area contributed by atoms with Gasteiger partial charge in [0.1, 0.15) is 36.3 Å². The van der Waals surface area contributed by atoms with Crippen LogP contribution in [0.5, 0.6) is 5.75 Å². The van der Waals surface area contributed by atoms with Gasteiger partial charge in [0.2, 0.25) is 5.95 Å². The standard InChI is InChI=1S/C26H19ClFN3O3/c27-22-12-20(5-8-25(22)33-15-16-2-1-3-19(28)10-16)30-26-29-13-18-11-17(4-7-23(18)31-26)24-9-6-21(14-32)34-24/h1-13,32H,14-15H2,(H,29,30,31). The summed E-state index contributed by atoms with van der Waals surface area (Å²) in [5.74, 6) is 1.78. The summed E-state index contributed by atoms with van der Waals surface area (Å²) in [5.41, 5.74) is 3.05. The minimum absolute atomic E-state index is 0.143. The van der Waals surface area contributed by atoms with Gasteiger partial charge in [-0.25, -0.2) is 14.4 Å². The quantitative estimate of drug-likeness (QED) is 0.280. The van der Waals surface area contributed by atoms with Crippen molar-refractivity contribution in [3.8, 4) is 17.1 Å². The van der Waals surface area contributed by atoms with Crippen LogP contribution in [-0.2, 0) is 13.2 Å². The van der Waals surface area contributed by atoms with Gasteiger partial charge >= 0.3 is 0 Å². The van der Waals surface area contributed by atoms with Crippen LogP contribution >= 0.6 is 11.6 Å². The molecule has 0 saturated heterocycles. The Bertz CT molecular complexity index is 1470. The number of aliphatic hydroxyl groups is 1. The number of benzene rings is 3. The van der Waals surface area contributed by atoms with Gasteiger partial charge in [0, 0.05) is 22.8 Å². The summed E-state index contributed by atoms with van der Waals surface area (Å²) >= 11 is 6.37. The Hall–Kier alpha value is -3.94. The average Bonchev–Trinajstić information content (AvgIpc) is 3.33. The van der Waals surface area contributed by atoms with Crippen molar-refractivity contribution in [2.75, 3.05) is 5.32 Å². The molecule has 0 aliphatic carbocycles.